The van der Waals surface area contributed by atoms with Crippen LogP contribution in [0, 0.1) is 0 Å². The highest BCUT2D eigenvalue weighted by Gasteiger charge is 2.22. The quantitative estimate of drug-likeness (QED) is 0.602. The van der Waals surface area contributed by atoms with E-state index in [2.05, 4.69) is 29.2 Å². The first-order valence-corrected chi connectivity index (χ1v) is 5.78. The molecule has 1 atom stereocenters. The molecule has 0 bridgehead atoms. The minimum absolute atomic E-state index is 0.0769. The minimum Gasteiger partial charge on any atom is -0.471 e. The lowest BCUT2D eigenvalue weighted by molar-refractivity contribution is 0.137. The lowest BCUT2D eigenvalue weighted by Gasteiger charge is -2.18. The molecule has 0 aromatic carbocycles. The van der Waals surface area contributed by atoms with Crippen molar-refractivity contribution < 1.29 is 9.47 Å². The van der Waals surface area contributed by atoms with Crippen LogP contribution in [0.4, 0.5) is 5.82 Å². The molecule has 0 saturated carbocycles. The van der Waals surface area contributed by atoms with Crippen molar-refractivity contribution >= 4 is 5.82 Å². The molecule has 2 rings (SSSR count). The number of hydrogen-bond acceptors (Lipinski definition) is 6. The summed E-state index contributed by atoms with van der Waals surface area (Å²) in [7, 11) is 0. The van der Waals surface area contributed by atoms with Crippen LogP contribution in [-0.2, 0) is 4.74 Å². The molecule has 3 N–H and O–H groups in total. The maximum Gasteiger partial charge on any atom is 0.222 e. The summed E-state index contributed by atoms with van der Waals surface area (Å²) in [4.78, 5) is 8.28. The predicted octanol–water partition coefficient (Wildman–Crippen LogP) is 1.05. The molecule has 1 unspecified atom stereocenters. The van der Waals surface area contributed by atoms with Crippen molar-refractivity contribution in [1.82, 2.24) is 9.97 Å². The van der Waals surface area contributed by atoms with E-state index in [4.69, 9.17) is 15.3 Å². The van der Waals surface area contributed by atoms with E-state index in [1.54, 1.807) is 0 Å². The molecule has 0 aliphatic carbocycles. The van der Waals surface area contributed by atoms with Crippen LogP contribution in [0.1, 0.15) is 31.7 Å². The van der Waals surface area contributed by atoms with Crippen molar-refractivity contribution in [2.45, 2.75) is 32.3 Å². The Hall–Kier alpha value is -1.40. The summed E-state index contributed by atoms with van der Waals surface area (Å²) in [5.41, 5.74) is 3.48. The second-order valence-electron chi connectivity index (χ2n) is 4.34. The number of hydrogen-bond donors (Lipinski definition) is 2. The van der Waals surface area contributed by atoms with Gasteiger partial charge in [-0.05, 0) is 5.92 Å². The highest BCUT2D eigenvalue weighted by atomic mass is 16.5. The molecule has 1 aliphatic heterocycles. The number of ether oxygens (including phenoxy) is 2. The fraction of sp³-hybridized carbons (Fsp3) is 0.636. The summed E-state index contributed by atoms with van der Waals surface area (Å²) in [6.07, 6.45) is 2.42. The third-order valence-electron chi connectivity index (χ3n) is 2.73. The fourth-order valence-electron chi connectivity index (χ4n) is 1.87. The fourth-order valence-corrected chi connectivity index (χ4v) is 1.87. The van der Waals surface area contributed by atoms with E-state index in [0.717, 1.165) is 18.6 Å². The van der Waals surface area contributed by atoms with Crippen LogP contribution in [0.15, 0.2) is 6.33 Å². The topological polar surface area (TPSA) is 82.3 Å². The molecule has 94 valence electrons. The average Bonchev–Trinajstić information content (AvgIpc) is 2.81. The molecule has 0 spiro atoms. The molecule has 1 aromatic heterocycles. The van der Waals surface area contributed by atoms with Gasteiger partial charge in [0.1, 0.15) is 12.4 Å². The second kappa shape index (κ2) is 5.29. The Morgan fingerprint density at radius 1 is 1.53 bits per heavy atom. The van der Waals surface area contributed by atoms with Gasteiger partial charge in [-0.1, -0.05) is 13.8 Å². The number of rotatable bonds is 4. The highest BCUT2D eigenvalue weighted by molar-refractivity contribution is 5.49. The van der Waals surface area contributed by atoms with E-state index in [0.29, 0.717) is 18.3 Å². The van der Waals surface area contributed by atoms with E-state index in [1.165, 1.54) is 6.33 Å². The van der Waals surface area contributed by atoms with Crippen LogP contribution >= 0.6 is 0 Å². The summed E-state index contributed by atoms with van der Waals surface area (Å²) in [6.45, 7) is 5.47. The maximum atomic E-state index is 5.84. The molecule has 17 heavy (non-hydrogen) atoms. The monoisotopic (exact) mass is 238 g/mol. The van der Waals surface area contributed by atoms with Gasteiger partial charge >= 0.3 is 0 Å². The van der Waals surface area contributed by atoms with Gasteiger partial charge in [-0.2, -0.15) is 0 Å². The van der Waals surface area contributed by atoms with Gasteiger partial charge < -0.3 is 14.9 Å². The summed E-state index contributed by atoms with van der Waals surface area (Å²) in [6, 6.07) is 0. The molecule has 1 saturated heterocycles. The molecular formula is C11H18N4O2. The normalized spacial score (nSPS) is 19.6. The van der Waals surface area contributed by atoms with Crippen molar-refractivity contribution in [3.05, 3.63) is 11.9 Å². The number of aromatic nitrogens is 2. The standard InChI is InChI=1S/C11H18N4O2/c1-7(2)9-10(15-12)13-6-14-11(9)17-8-3-4-16-5-8/h6-8H,3-5,12H2,1-2H3,(H,13,14,15). The van der Waals surface area contributed by atoms with Crippen LogP contribution in [0.2, 0.25) is 0 Å². The summed E-state index contributed by atoms with van der Waals surface area (Å²) >= 11 is 0. The van der Waals surface area contributed by atoms with E-state index in [9.17, 15) is 0 Å². The first-order chi connectivity index (χ1) is 8.22. The van der Waals surface area contributed by atoms with E-state index in [1.807, 2.05) is 0 Å². The van der Waals surface area contributed by atoms with E-state index in [-0.39, 0.29) is 12.0 Å². The third-order valence-corrected chi connectivity index (χ3v) is 2.73. The summed E-state index contributed by atoms with van der Waals surface area (Å²) < 4.78 is 11.1. The van der Waals surface area contributed by atoms with Gasteiger partial charge in [0.05, 0.1) is 18.8 Å². The Bertz CT molecular complexity index is 378. The molecule has 0 amide bonds. The van der Waals surface area contributed by atoms with E-state index < -0.39 is 0 Å². The van der Waals surface area contributed by atoms with Gasteiger partial charge in [-0.25, -0.2) is 15.8 Å². The Labute approximate surface area is 101 Å². The van der Waals surface area contributed by atoms with Gasteiger partial charge in [0.15, 0.2) is 5.82 Å². The SMILES string of the molecule is CC(C)c1c(NN)ncnc1OC1CCOC1. The smallest absolute Gasteiger partial charge is 0.222 e. The first kappa shape index (κ1) is 12.1. The minimum atomic E-state index is 0.0769. The number of nitrogens with one attached hydrogen (secondary N) is 1. The van der Waals surface area contributed by atoms with Gasteiger partial charge in [0, 0.05) is 6.42 Å². The lowest BCUT2D eigenvalue weighted by Crippen LogP contribution is -2.20. The summed E-state index contributed by atoms with van der Waals surface area (Å²) in [5, 5.41) is 0. The molecule has 1 fully saturated rings. The number of nitrogen functional groups attached to an aromatic ring is 1. The largest absolute Gasteiger partial charge is 0.471 e. The summed E-state index contributed by atoms with van der Waals surface area (Å²) in [5.74, 6) is 6.89. The molecular weight excluding hydrogens is 220 g/mol. The van der Waals surface area contributed by atoms with Gasteiger partial charge in [0.25, 0.3) is 0 Å². The highest BCUT2D eigenvalue weighted by Crippen LogP contribution is 2.30. The number of nitrogens with two attached hydrogens (primary N) is 1. The lowest BCUT2D eigenvalue weighted by atomic mass is 10.1. The van der Waals surface area contributed by atoms with Crippen molar-refractivity contribution in [2.75, 3.05) is 18.6 Å². The maximum absolute atomic E-state index is 5.84. The van der Waals surface area contributed by atoms with Crippen molar-refractivity contribution in [3.8, 4) is 5.88 Å². The predicted molar refractivity (Wildman–Crippen MR) is 63.8 cm³/mol. The number of hydrazine groups is 1. The Balaban J connectivity index is 2.25. The molecule has 1 aromatic rings. The Morgan fingerprint density at radius 3 is 2.94 bits per heavy atom. The zero-order chi connectivity index (χ0) is 12.3. The van der Waals surface area contributed by atoms with Crippen molar-refractivity contribution in [3.63, 3.8) is 0 Å². The van der Waals surface area contributed by atoms with Crippen LogP contribution in [0.25, 0.3) is 0 Å². The second-order valence-corrected chi connectivity index (χ2v) is 4.34. The van der Waals surface area contributed by atoms with Crippen LogP contribution in [0.3, 0.4) is 0 Å². The average molecular weight is 238 g/mol. The van der Waals surface area contributed by atoms with Crippen molar-refractivity contribution in [1.29, 1.82) is 0 Å². The van der Waals surface area contributed by atoms with Crippen LogP contribution in [-0.4, -0.2) is 29.3 Å². The zero-order valence-corrected chi connectivity index (χ0v) is 10.1. The number of anilines is 1. The molecule has 1 aliphatic rings. The third kappa shape index (κ3) is 2.65. The zero-order valence-electron chi connectivity index (χ0n) is 10.1. The van der Waals surface area contributed by atoms with E-state index >= 15 is 0 Å². The van der Waals surface area contributed by atoms with Crippen molar-refractivity contribution in [2.24, 2.45) is 5.84 Å². The van der Waals surface area contributed by atoms with Gasteiger partial charge in [-0.15, -0.1) is 0 Å². The van der Waals surface area contributed by atoms with Crippen LogP contribution < -0.4 is 16.0 Å². The number of nitrogens with zero attached hydrogens (tertiary/aromatic N) is 2. The molecule has 2 heterocycles. The molecule has 0 radical (unpaired) electrons. The van der Waals surface area contributed by atoms with Crippen LogP contribution in [0.5, 0.6) is 5.88 Å². The van der Waals surface area contributed by atoms with Gasteiger partial charge in [-0.3, -0.25) is 0 Å². The Kier molecular flexibility index (Phi) is 3.75. The van der Waals surface area contributed by atoms with Gasteiger partial charge in [0.2, 0.25) is 5.88 Å². The first-order valence-electron chi connectivity index (χ1n) is 5.78. The molecule has 6 heteroatoms. The molecule has 6 nitrogen and oxygen atoms in total. The Morgan fingerprint density at radius 2 is 2.35 bits per heavy atom.